The molecule has 0 saturated carbocycles. The van der Waals surface area contributed by atoms with Crippen LogP contribution in [0.5, 0.6) is 5.75 Å². The van der Waals surface area contributed by atoms with E-state index in [9.17, 15) is 14.7 Å². The number of hydrogen-bond acceptors (Lipinski definition) is 7. The van der Waals surface area contributed by atoms with Gasteiger partial charge in [0.05, 0.1) is 18.2 Å². The zero-order chi connectivity index (χ0) is 22.1. The molecule has 7 nitrogen and oxygen atoms in total. The number of aromatic nitrogens is 2. The molecule has 0 bridgehead atoms. The molecule has 2 aromatic carbocycles. The van der Waals surface area contributed by atoms with E-state index in [4.69, 9.17) is 4.74 Å². The molecule has 158 valence electrons. The zero-order valence-electron chi connectivity index (χ0n) is 17.3. The maximum absolute atomic E-state index is 13.1. The Labute approximate surface area is 183 Å². The number of benzene rings is 2. The van der Waals surface area contributed by atoms with Crippen LogP contribution in [0.3, 0.4) is 0 Å². The van der Waals surface area contributed by atoms with Crippen molar-refractivity contribution in [1.29, 1.82) is 0 Å². The highest BCUT2D eigenvalue weighted by molar-refractivity contribution is 7.15. The first kappa shape index (κ1) is 20.7. The molecule has 31 heavy (non-hydrogen) atoms. The van der Waals surface area contributed by atoms with E-state index < -0.39 is 17.7 Å². The van der Waals surface area contributed by atoms with Gasteiger partial charge in [-0.3, -0.25) is 14.5 Å². The number of amides is 1. The summed E-state index contributed by atoms with van der Waals surface area (Å²) in [5.41, 5.74) is 2.18. The van der Waals surface area contributed by atoms with Crippen molar-refractivity contribution in [2.24, 2.45) is 0 Å². The number of aliphatic hydroxyl groups is 1. The molecule has 3 aromatic rings. The second kappa shape index (κ2) is 8.31. The van der Waals surface area contributed by atoms with Gasteiger partial charge in [-0.1, -0.05) is 41.2 Å². The predicted octanol–water partition coefficient (Wildman–Crippen LogP) is 4.18. The van der Waals surface area contributed by atoms with Crippen molar-refractivity contribution in [3.05, 3.63) is 75.8 Å². The van der Waals surface area contributed by atoms with Gasteiger partial charge in [-0.15, -0.1) is 10.2 Å². The molecule has 1 saturated heterocycles. The maximum Gasteiger partial charge on any atom is 0.301 e. The molecule has 1 aromatic heterocycles. The summed E-state index contributed by atoms with van der Waals surface area (Å²) in [5, 5.41) is 20.1. The summed E-state index contributed by atoms with van der Waals surface area (Å²) in [6, 6.07) is 13.4. The molecular formula is C23H21N3O4S. The molecule has 2 heterocycles. The molecule has 4 rings (SSSR count). The van der Waals surface area contributed by atoms with Gasteiger partial charge in [0.25, 0.3) is 5.78 Å². The molecule has 1 aliphatic rings. The average Bonchev–Trinajstić information content (AvgIpc) is 3.30. The highest BCUT2D eigenvalue weighted by atomic mass is 32.1. The molecule has 0 spiro atoms. The Morgan fingerprint density at radius 3 is 2.32 bits per heavy atom. The number of anilines is 1. The average molecular weight is 436 g/mol. The van der Waals surface area contributed by atoms with Gasteiger partial charge in [0, 0.05) is 5.56 Å². The minimum atomic E-state index is -0.806. The fourth-order valence-corrected chi connectivity index (χ4v) is 4.22. The van der Waals surface area contributed by atoms with Crippen LogP contribution in [-0.2, 0) is 9.59 Å². The Kier molecular flexibility index (Phi) is 5.56. The van der Waals surface area contributed by atoms with Crippen LogP contribution in [0, 0.1) is 13.8 Å². The fourth-order valence-electron chi connectivity index (χ4n) is 3.51. The lowest BCUT2D eigenvalue weighted by molar-refractivity contribution is -0.132. The van der Waals surface area contributed by atoms with E-state index in [0.717, 1.165) is 5.56 Å². The lowest BCUT2D eigenvalue weighted by atomic mass is 9.95. The summed E-state index contributed by atoms with van der Waals surface area (Å²) < 4.78 is 5.44. The van der Waals surface area contributed by atoms with E-state index in [2.05, 4.69) is 10.2 Å². The number of carbonyl (C=O) groups is 2. The molecule has 1 amide bonds. The van der Waals surface area contributed by atoms with E-state index in [0.29, 0.717) is 33.6 Å². The van der Waals surface area contributed by atoms with E-state index >= 15 is 0 Å². The molecular weight excluding hydrogens is 414 g/mol. The number of aryl methyl sites for hydroxylation is 2. The first-order valence-electron chi connectivity index (χ1n) is 9.81. The summed E-state index contributed by atoms with van der Waals surface area (Å²) in [4.78, 5) is 27.4. The van der Waals surface area contributed by atoms with E-state index in [1.807, 2.05) is 38.1 Å². The highest BCUT2D eigenvalue weighted by Crippen LogP contribution is 2.43. The van der Waals surface area contributed by atoms with Crippen LogP contribution >= 0.6 is 11.3 Å². The lowest BCUT2D eigenvalue weighted by Crippen LogP contribution is -2.29. The zero-order valence-corrected chi connectivity index (χ0v) is 18.1. The minimum Gasteiger partial charge on any atom is -0.507 e. The van der Waals surface area contributed by atoms with Crippen LogP contribution in [0.4, 0.5) is 5.13 Å². The van der Waals surface area contributed by atoms with Gasteiger partial charge in [0.1, 0.15) is 16.5 Å². The van der Waals surface area contributed by atoms with Crippen LogP contribution in [0.25, 0.3) is 5.76 Å². The summed E-state index contributed by atoms with van der Waals surface area (Å²) in [5.74, 6) is -1.09. The van der Waals surface area contributed by atoms with Gasteiger partial charge in [-0.25, -0.2) is 0 Å². The number of hydrogen-bond donors (Lipinski definition) is 1. The third kappa shape index (κ3) is 3.82. The van der Waals surface area contributed by atoms with Crippen molar-refractivity contribution in [3.8, 4) is 5.75 Å². The van der Waals surface area contributed by atoms with Gasteiger partial charge in [0.2, 0.25) is 5.13 Å². The second-order valence-electron chi connectivity index (χ2n) is 7.14. The highest BCUT2D eigenvalue weighted by Gasteiger charge is 2.48. The van der Waals surface area contributed by atoms with Crippen LogP contribution in [0.15, 0.2) is 54.1 Å². The number of carbonyl (C=O) groups excluding carboxylic acids is 2. The van der Waals surface area contributed by atoms with Crippen molar-refractivity contribution in [1.82, 2.24) is 10.2 Å². The Balaban J connectivity index is 1.87. The van der Waals surface area contributed by atoms with Crippen molar-refractivity contribution < 1.29 is 19.4 Å². The third-order valence-electron chi connectivity index (χ3n) is 5.00. The van der Waals surface area contributed by atoms with E-state index in [1.165, 1.54) is 16.2 Å². The topological polar surface area (TPSA) is 92.6 Å². The van der Waals surface area contributed by atoms with Gasteiger partial charge < -0.3 is 9.84 Å². The summed E-state index contributed by atoms with van der Waals surface area (Å²) >= 11 is 1.22. The number of rotatable bonds is 5. The van der Waals surface area contributed by atoms with Crippen molar-refractivity contribution in [2.45, 2.75) is 26.8 Å². The van der Waals surface area contributed by atoms with E-state index in [1.54, 1.807) is 31.2 Å². The van der Waals surface area contributed by atoms with Crippen molar-refractivity contribution >= 4 is 33.9 Å². The molecule has 1 aliphatic heterocycles. The number of ketones is 1. The Bertz CT molecular complexity index is 1170. The molecule has 0 unspecified atom stereocenters. The number of Topliss-reactive ketones (excluding diaryl/α,β-unsaturated/α-hetero) is 1. The van der Waals surface area contributed by atoms with Crippen LogP contribution in [0.2, 0.25) is 0 Å². The third-order valence-corrected chi connectivity index (χ3v) is 5.84. The van der Waals surface area contributed by atoms with Crippen LogP contribution in [-0.4, -0.2) is 33.6 Å². The first-order valence-corrected chi connectivity index (χ1v) is 10.6. The normalized spacial score (nSPS) is 17.9. The Morgan fingerprint density at radius 1 is 1.06 bits per heavy atom. The Morgan fingerprint density at radius 2 is 1.74 bits per heavy atom. The standard InChI is InChI=1S/C23H21N3O4S/c1-4-30-17-11-9-16(10-12-17)20(27)18-19(15-7-5-13(2)6-8-15)26(22(29)21(18)28)23-25-24-14(3)31-23/h5-12,19,27H,4H2,1-3H3/t19-/m1/s1. The van der Waals surface area contributed by atoms with Crippen LogP contribution < -0.4 is 9.64 Å². The van der Waals surface area contributed by atoms with Gasteiger partial charge in [-0.2, -0.15) is 0 Å². The molecule has 1 N–H and O–H groups in total. The van der Waals surface area contributed by atoms with Gasteiger partial charge in [-0.05, 0) is 50.6 Å². The number of aliphatic hydroxyl groups excluding tert-OH is 1. The van der Waals surface area contributed by atoms with Crippen molar-refractivity contribution in [2.75, 3.05) is 11.5 Å². The molecule has 1 atom stereocenters. The lowest BCUT2D eigenvalue weighted by Gasteiger charge is -2.22. The first-order chi connectivity index (χ1) is 14.9. The minimum absolute atomic E-state index is 0.0193. The van der Waals surface area contributed by atoms with Crippen molar-refractivity contribution in [3.63, 3.8) is 0 Å². The maximum atomic E-state index is 13.1. The summed E-state index contributed by atoms with van der Waals surface area (Å²) in [6.45, 7) is 6.13. The number of ether oxygens (including phenoxy) is 1. The Hall–Kier alpha value is -3.52. The second-order valence-corrected chi connectivity index (χ2v) is 8.30. The number of nitrogens with zero attached hydrogens (tertiary/aromatic N) is 3. The van der Waals surface area contributed by atoms with Gasteiger partial charge in [0.15, 0.2) is 0 Å². The smallest absolute Gasteiger partial charge is 0.301 e. The molecule has 0 aliphatic carbocycles. The summed E-state index contributed by atoms with van der Waals surface area (Å²) in [6.07, 6.45) is 0. The molecule has 1 fully saturated rings. The largest absolute Gasteiger partial charge is 0.507 e. The SMILES string of the molecule is CCOc1ccc(C(O)=C2C(=O)C(=O)N(c3nnc(C)s3)[C@@H]2c2ccc(C)cc2)cc1. The van der Waals surface area contributed by atoms with E-state index in [-0.39, 0.29) is 11.3 Å². The molecule has 8 heteroatoms. The van der Waals surface area contributed by atoms with Gasteiger partial charge >= 0.3 is 5.91 Å². The molecule has 0 radical (unpaired) electrons. The monoisotopic (exact) mass is 435 g/mol. The van der Waals surface area contributed by atoms with Crippen LogP contribution in [0.1, 0.15) is 34.7 Å². The fraction of sp³-hybridized carbons (Fsp3) is 0.217. The quantitative estimate of drug-likeness (QED) is 0.367. The summed E-state index contributed by atoms with van der Waals surface area (Å²) in [7, 11) is 0. The predicted molar refractivity (Wildman–Crippen MR) is 118 cm³/mol.